The summed E-state index contributed by atoms with van der Waals surface area (Å²) in [6.45, 7) is 2.10. The zero-order chi connectivity index (χ0) is 15.1. The maximum absolute atomic E-state index is 4.61. The van der Waals surface area contributed by atoms with Crippen LogP contribution in [0.25, 0.3) is 28.2 Å². The third-order valence-corrected chi connectivity index (χ3v) is 3.89. The van der Waals surface area contributed by atoms with E-state index in [1.165, 1.54) is 5.56 Å². The Morgan fingerprint density at radius 1 is 1.00 bits per heavy atom. The standard InChI is InChI=1S/C18H16N4/c1-13-4-3-5-14(10-13)17-18(21(2)12-20-17)15-6-7-16-19-8-9-22(16)11-15/h3-12H,1-2H3. The molecule has 0 bridgehead atoms. The van der Waals surface area contributed by atoms with Gasteiger partial charge in [-0.25, -0.2) is 9.97 Å². The van der Waals surface area contributed by atoms with Crippen LogP contribution in [0.2, 0.25) is 0 Å². The summed E-state index contributed by atoms with van der Waals surface area (Å²) in [5.74, 6) is 0. The molecule has 4 heteroatoms. The largest absolute Gasteiger partial charge is 0.333 e. The third kappa shape index (κ3) is 2.00. The molecule has 4 aromatic rings. The molecule has 1 aromatic carbocycles. The lowest BCUT2D eigenvalue weighted by molar-refractivity contribution is 0.920. The fourth-order valence-corrected chi connectivity index (χ4v) is 2.83. The number of fused-ring (bicyclic) bond motifs is 1. The topological polar surface area (TPSA) is 35.1 Å². The molecule has 22 heavy (non-hydrogen) atoms. The molecule has 108 valence electrons. The first-order valence-electron chi connectivity index (χ1n) is 7.24. The molecule has 4 nitrogen and oxygen atoms in total. The minimum Gasteiger partial charge on any atom is -0.333 e. The Balaban J connectivity index is 1.93. The van der Waals surface area contributed by atoms with Crippen molar-refractivity contribution in [2.75, 3.05) is 0 Å². The quantitative estimate of drug-likeness (QED) is 0.563. The van der Waals surface area contributed by atoms with Gasteiger partial charge in [-0.2, -0.15) is 0 Å². The molecule has 3 heterocycles. The first kappa shape index (κ1) is 12.8. The van der Waals surface area contributed by atoms with E-state index in [1.807, 2.05) is 36.2 Å². The van der Waals surface area contributed by atoms with Gasteiger partial charge in [-0.05, 0) is 25.1 Å². The van der Waals surface area contributed by atoms with E-state index in [1.54, 1.807) is 0 Å². The summed E-state index contributed by atoms with van der Waals surface area (Å²) in [4.78, 5) is 8.91. The molecule has 0 aliphatic carbocycles. The lowest BCUT2D eigenvalue weighted by Crippen LogP contribution is -1.94. The third-order valence-electron chi connectivity index (χ3n) is 3.89. The van der Waals surface area contributed by atoms with Crippen molar-refractivity contribution in [1.29, 1.82) is 0 Å². The minimum atomic E-state index is 0.947. The van der Waals surface area contributed by atoms with Gasteiger partial charge >= 0.3 is 0 Å². The number of nitrogens with zero attached hydrogens (tertiary/aromatic N) is 4. The van der Waals surface area contributed by atoms with E-state index in [2.05, 4.69) is 58.0 Å². The molecule has 0 spiro atoms. The van der Waals surface area contributed by atoms with E-state index in [9.17, 15) is 0 Å². The first-order chi connectivity index (χ1) is 10.7. The van der Waals surface area contributed by atoms with Gasteiger partial charge in [-0.15, -0.1) is 0 Å². The molecule has 0 fully saturated rings. The number of imidazole rings is 2. The van der Waals surface area contributed by atoms with Gasteiger partial charge in [0.2, 0.25) is 0 Å². The van der Waals surface area contributed by atoms with Crippen LogP contribution in [0.3, 0.4) is 0 Å². The highest BCUT2D eigenvalue weighted by Gasteiger charge is 2.14. The van der Waals surface area contributed by atoms with Crippen LogP contribution in [0.1, 0.15) is 5.56 Å². The molecule has 0 unspecified atom stereocenters. The number of rotatable bonds is 2. The van der Waals surface area contributed by atoms with E-state index in [0.717, 1.165) is 28.2 Å². The van der Waals surface area contributed by atoms with Gasteiger partial charge in [0, 0.05) is 36.8 Å². The SMILES string of the molecule is Cc1cccc(-c2ncn(C)c2-c2ccc3nccn3c2)c1. The van der Waals surface area contributed by atoms with Gasteiger partial charge in [0.15, 0.2) is 0 Å². The Kier molecular flexibility index (Phi) is 2.82. The Labute approximate surface area is 128 Å². The Bertz CT molecular complexity index is 962. The van der Waals surface area contributed by atoms with Crippen molar-refractivity contribution < 1.29 is 0 Å². The molecule has 0 atom stereocenters. The number of hydrogen-bond donors (Lipinski definition) is 0. The van der Waals surface area contributed by atoms with Crippen molar-refractivity contribution in [2.24, 2.45) is 7.05 Å². The molecule has 4 rings (SSSR count). The summed E-state index contributed by atoms with van der Waals surface area (Å²) >= 11 is 0. The maximum Gasteiger partial charge on any atom is 0.136 e. The highest BCUT2D eigenvalue weighted by atomic mass is 15.0. The fraction of sp³-hybridized carbons (Fsp3) is 0.111. The first-order valence-corrected chi connectivity index (χ1v) is 7.24. The average Bonchev–Trinajstić information content (AvgIpc) is 3.12. The van der Waals surface area contributed by atoms with Crippen LogP contribution in [0.15, 0.2) is 61.3 Å². The molecule has 0 amide bonds. The summed E-state index contributed by atoms with van der Waals surface area (Å²) in [6, 6.07) is 12.6. The van der Waals surface area contributed by atoms with Crippen LogP contribution >= 0.6 is 0 Å². The van der Waals surface area contributed by atoms with Crippen molar-refractivity contribution in [2.45, 2.75) is 6.92 Å². The second-order valence-corrected chi connectivity index (χ2v) is 5.53. The number of pyridine rings is 1. The van der Waals surface area contributed by atoms with Gasteiger partial charge in [-0.1, -0.05) is 23.8 Å². The lowest BCUT2D eigenvalue weighted by Gasteiger charge is -2.08. The molecule has 0 radical (unpaired) electrons. The number of benzene rings is 1. The van der Waals surface area contributed by atoms with Crippen LogP contribution in [0, 0.1) is 6.92 Å². The van der Waals surface area contributed by atoms with E-state index in [-0.39, 0.29) is 0 Å². The summed E-state index contributed by atoms with van der Waals surface area (Å²) in [7, 11) is 2.03. The van der Waals surface area contributed by atoms with Gasteiger partial charge in [0.1, 0.15) is 5.65 Å². The molecule has 0 saturated heterocycles. The zero-order valence-corrected chi connectivity index (χ0v) is 12.6. The highest BCUT2D eigenvalue weighted by molar-refractivity contribution is 5.79. The molecular formula is C18H16N4. The van der Waals surface area contributed by atoms with E-state index < -0.39 is 0 Å². The molecule has 0 aliphatic heterocycles. The lowest BCUT2D eigenvalue weighted by atomic mass is 10.0. The van der Waals surface area contributed by atoms with Crippen molar-refractivity contribution in [3.8, 4) is 22.5 Å². The summed E-state index contributed by atoms with van der Waals surface area (Å²) in [5.41, 5.74) is 6.57. The highest BCUT2D eigenvalue weighted by Crippen LogP contribution is 2.31. The predicted molar refractivity (Wildman–Crippen MR) is 87.6 cm³/mol. The second-order valence-electron chi connectivity index (χ2n) is 5.53. The van der Waals surface area contributed by atoms with Gasteiger partial charge in [0.25, 0.3) is 0 Å². The monoisotopic (exact) mass is 288 g/mol. The Morgan fingerprint density at radius 3 is 2.77 bits per heavy atom. The molecule has 0 saturated carbocycles. The predicted octanol–water partition coefficient (Wildman–Crippen LogP) is 3.71. The summed E-state index contributed by atoms with van der Waals surface area (Å²) in [6.07, 6.45) is 7.73. The number of aryl methyl sites for hydroxylation is 2. The summed E-state index contributed by atoms with van der Waals surface area (Å²) in [5, 5.41) is 0. The minimum absolute atomic E-state index is 0.947. The van der Waals surface area contributed by atoms with Crippen LogP contribution in [0.5, 0.6) is 0 Å². The molecule has 0 N–H and O–H groups in total. The van der Waals surface area contributed by atoms with Crippen LogP contribution in [-0.4, -0.2) is 18.9 Å². The van der Waals surface area contributed by atoms with Crippen molar-refractivity contribution >= 4 is 5.65 Å². The Hall–Kier alpha value is -2.88. The van der Waals surface area contributed by atoms with Crippen LogP contribution in [-0.2, 0) is 7.05 Å². The van der Waals surface area contributed by atoms with E-state index in [4.69, 9.17) is 0 Å². The van der Waals surface area contributed by atoms with Crippen molar-refractivity contribution in [1.82, 2.24) is 18.9 Å². The smallest absolute Gasteiger partial charge is 0.136 e. The number of hydrogen-bond acceptors (Lipinski definition) is 2. The maximum atomic E-state index is 4.61. The van der Waals surface area contributed by atoms with Crippen molar-refractivity contribution in [3.05, 3.63) is 66.9 Å². The van der Waals surface area contributed by atoms with Gasteiger partial charge in [0.05, 0.1) is 17.7 Å². The zero-order valence-electron chi connectivity index (χ0n) is 12.6. The van der Waals surface area contributed by atoms with Crippen LogP contribution < -0.4 is 0 Å². The fourth-order valence-electron chi connectivity index (χ4n) is 2.83. The van der Waals surface area contributed by atoms with E-state index in [0.29, 0.717) is 0 Å². The Morgan fingerprint density at radius 2 is 1.91 bits per heavy atom. The van der Waals surface area contributed by atoms with E-state index >= 15 is 0 Å². The van der Waals surface area contributed by atoms with Crippen molar-refractivity contribution in [3.63, 3.8) is 0 Å². The number of aromatic nitrogens is 4. The molecule has 3 aromatic heterocycles. The second kappa shape index (κ2) is 4.84. The molecular weight excluding hydrogens is 272 g/mol. The normalized spacial score (nSPS) is 11.2. The van der Waals surface area contributed by atoms with Gasteiger partial charge in [-0.3, -0.25) is 0 Å². The van der Waals surface area contributed by atoms with Crippen LogP contribution in [0.4, 0.5) is 0 Å². The average molecular weight is 288 g/mol. The summed E-state index contributed by atoms with van der Waals surface area (Å²) < 4.78 is 4.10. The molecule has 0 aliphatic rings. The van der Waals surface area contributed by atoms with Gasteiger partial charge < -0.3 is 8.97 Å².